The Labute approximate surface area is 259 Å². The average Bonchev–Trinajstić information content (AvgIpc) is 3.49. The summed E-state index contributed by atoms with van der Waals surface area (Å²) in [4.78, 5) is 30.2. The summed E-state index contributed by atoms with van der Waals surface area (Å²) in [6, 6.07) is 15.6. The van der Waals surface area contributed by atoms with Gasteiger partial charge in [0.15, 0.2) is 0 Å². The maximum atomic E-state index is 13.3. The van der Waals surface area contributed by atoms with Crippen molar-refractivity contribution in [1.82, 2.24) is 10.3 Å². The van der Waals surface area contributed by atoms with E-state index < -0.39 is 0 Å². The highest BCUT2D eigenvalue weighted by atomic mass is 32.1. The number of esters is 1. The van der Waals surface area contributed by atoms with Gasteiger partial charge in [-0.05, 0) is 93.2 Å². The van der Waals surface area contributed by atoms with Crippen LogP contribution in [0.25, 0.3) is 6.08 Å². The Balaban J connectivity index is 1.46. The summed E-state index contributed by atoms with van der Waals surface area (Å²) in [5.41, 5.74) is 4.38. The zero-order valence-corrected chi connectivity index (χ0v) is 26.4. The Morgan fingerprint density at radius 1 is 1.00 bits per heavy atom. The first-order chi connectivity index (χ1) is 20.8. The van der Waals surface area contributed by atoms with Gasteiger partial charge in [-0.15, -0.1) is 11.3 Å². The lowest BCUT2D eigenvalue weighted by atomic mass is 9.88. The molecule has 1 N–H and O–H groups in total. The van der Waals surface area contributed by atoms with Crippen molar-refractivity contribution >= 4 is 29.3 Å². The second-order valence-corrected chi connectivity index (χ2v) is 11.8. The number of benzene rings is 2. The first kappa shape index (κ1) is 32.0. The number of aromatic nitrogens is 1. The van der Waals surface area contributed by atoms with Crippen LogP contribution in [0.1, 0.15) is 80.7 Å². The van der Waals surface area contributed by atoms with Gasteiger partial charge in [-0.25, -0.2) is 9.78 Å². The standard InChI is InChI=1S/C35H42N2O5S/c1-5-41-35(39)25(3)19-24(2)20-29-23-43-34(36-29)32(37-33(38)28-9-7-6-8-10-28)21-26-11-17-31(18-12-26)42-22-27-13-15-30(40-4)16-14-27/h11-20,23,28,32H,5-10,21-22H2,1-4H3,(H,37,38)/t32-/m0/s1. The van der Waals surface area contributed by atoms with Crippen LogP contribution in [0.15, 0.2) is 71.1 Å². The number of thiazole rings is 1. The minimum Gasteiger partial charge on any atom is -0.497 e. The first-order valence-electron chi connectivity index (χ1n) is 15.0. The SMILES string of the molecule is CCOC(=O)C(C)=CC(C)=Cc1csc([C@H](Cc2ccc(OCc3ccc(OC)cc3)cc2)NC(=O)C2CCCCC2)n1. The van der Waals surface area contributed by atoms with Gasteiger partial charge in [0.1, 0.15) is 23.1 Å². The van der Waals surface area contributed by atoms with Gasteiger partial charge in [-0.3, -0.25) is 4.79 Å². The predicted octanol–water partition coefficient (Wildman–Crippen LogP) is 7.62. The Morgan fingerprint density at radius 2 is 1.67 bits per heavy atom. The number of nitrogens with one attached hydrogen (secondary N) is 1. The molecule has 2 aromatic carbocycles. The molecule has 0 saturated heterocycles. The summed E-state index contributed by atoms with van der Waals surface area (Å²) in [5.74, 6) is 1.45. The summed E-state index contributed by atoms with van der Waals surface area (Å²) >= 11 is 1.54. The Morgan fingerprint density at radius 3 is 2.35 bits per heavy atom. The molecule has 8 heteroatoms. The number of nitrogens with zero attached hydrogens (tertiary/aromatic N) is 1. The third kappa shape index (κ3) is 9.82. The third-order valence-corrected chi connectivity index (χ3v) is 8.45. The van der Waals surface area contributed by atoms with Crippen molar-refractivity contribution < 1.29 is 23.8 Å². The maximum absolute atomic E-state index is 13.3. The molecule has 43 heavy (non-hydrogen) atoms. The number of carbonyl (C=O) groups excluding carboxylic acids is 2. The highest BCUT2D eigenvalue weighted by molar-refractivity contribution is 7.09. The summed E-state index contributed by atoms with van der Waals surface area (Å²) in [6.45, 7) is 6.28. The molecule has 0 aliphatic heterocycles. The van der Waals surface area contributed by atoms with Gasteiger partial charge >= 0.3 is 5.97 Å². The molecule has 7 nitrogen and oxygen atoms in total. The topological polar surface area (TPSA) is 86.8 Å². The lowest BCUT2D eigenvalue weighted by Gasteiger charge is -2.24. The number of rotatable bonds is 13. The molecule has 1 aromatic heterocycles. The van der Waals surface area contributed by atoms with Crippen molar-refractivity contribution in [2.24, 2.45) is 5.92 Å². The van der Waals surface area contributed by atoms with Crippen LogP contribution in [-0.2, 0) is 27.4 Å². The van der Waals surface area contributed by atoms with Gasteiger partial charge in [-0.1, -0.05) is 43.5 Å². The van der Waals surface area contributed by atoms with Crippen LogP contribution >= 0.6 is 11.3 Å². The third-order valence-electron chi connectivity index (χ3n) is 7.48. The van der Waals surface area contributed by atoms with Crippen molar-refractivity contribution in [2.45, 2.75) is 71.9 Å². The fraction of sp³-hybridized carbons (Fsp3) is 0.400. The zero-order chi connectivity index (χ0) is 30.6. The molecule has 1 atom stereocenters. The van der Waals surface area contributed by atoms with Crippen LogP contribution in [-0.4, -0.2) is 30.6 Å². The molecule has 0 unspecified atom stereocenters. The van der Waals surface area contributed by atoms with Gasteiger partial charge < -0.3 is 19.5 Å². The quantitative estimate of drug-likeness (QED) is 0.123. The van der Waals surface area contributed by atoms with Gasteiger partial charge in [0.25, 0.3) is 0 Å². The monoisotopic (exact) mass is 602 g/mol. The minimum absolute atomic E-state index is 0.0579. The molecule has 3 aromatic rings. The molecule has 1 aliphatic carbocycles. The summed E-state index contributed by atoms with van der Waals surface area (Å²) in [6.07, 6.45) is 9.65. The Kier molecular flexibility index (Phi) is 12.0. The van der Waals surface area contributed by atoms with Gasteiger partial charge in [0.2, 0.25) is 5.91 Å². The number of amides is 1. The molecule has 228 valence electrons. The van der Waals surface area contributed by atoms with Crippen molar-refractivity contribution in [3.63, 3.8) is 0 Å². The molecule has 1 aliphatic rings. The molecule has 4 rings (SSSR count). The van der Waals surface area contributed by atoms with E-state index in [1.165, 1.54) is 17.8 Å². The van der Waals surface area contributed by atoms with Gasteiger partial charge in [0.05, 0.1) is 25.5 Å². The van der Waals surface area contributed by atoms with Crippen molar-refractivity contribution in [3.05, 3.63) is 93.0 Å². The Hall–Kier alpha value is -3.91. The number of methoxy groups -OCH3 is 1. The lowest BCUT2D eigenvalue weighted by Crippen LogP contribution is -2.35. The maximum Gasteiger partial charge on any atom is 0.333 e. The molecule has 0 radical (unpaired) electrons. The van der Waals surface area contributed by atoms with E-state index in [4.69, 9.17) is 19.2 Å². The van der Waals surface area contributed by atoms with Crippen LogP contribution in [0.4, 0.5) is 0 Å². The Bertz CT molecular complexity index is 1400. The van der Waals surface area contributed by atoms with E-state index in [1.807, 2.05) is 66.9 Å². The van der Waals surface area contributed by atoms with Crippen molar-refractivity contribution in [2.75, 3.05) is 13.7 Å². The van der Waals surface area contributed by atoms with E-state index in [-0.39, 0.29) is 23.8 Å². The average molecular weight is 603 g/mol. The molecular weight excluding hydrogens is 560 g/mol. The molecular formula is C35H42N2O5S. The van der Waals surface area contributed by atoms with Crippen molar-refractivity contribution in [1.29, 1.82) is 0 Å². The normalized spacial score (nSPS) is 15.1. The number of carbonyl (C=O) groups is 2. The van der Waals surface area contributed by atoms with Crippen LogP contribution in [0.2, 0.25) is 0 Å². The van der Waals surface area contributed by atoms with Crippen LogP contribution in [0, 0.1) is 5.92 Å². The molecule has 1 heterocycles. The minimum atomic E-state index is -0.322. The van der Waals surface area contributed by atoms with E-state index in [1.54, 1.807) is 27.0 Å². The number of hydrogen-bond acceptors (Lipinski definition) is 7. The van der Waals surface area contributed by atoms with Crippen LogP contribution in [0.3, 0.4) is 0 Å². The molecule has 0 spiro atoms. The molecule has 1 fully saturated rings. The van der Waals surface area contributed by atoms with E-state index in [0.717, 1.165) is 64.6 Å². The molecule has 1 saturated carbocycles. The molecule has 1 amide bonds. The summed E-state index contributed by atoms with van der Waals surface area (Å²) in [7, 11) is 1.65. The van der Waals surface area contributed by atoms with Crippen LogP contribution < -0.4 is 14.8 Å². The van der Waals surface area contributed by atoms with E-state index >= 15 is 0 Å². The second kappa shape index (κ2) is 16.1. The lowest BCUT2D eigenvalue weighted by molar-refractivity contribution is -0.138. The summed E-state index contributed by atoms with van der Waals surface area (Å²) in [5, 5.41) is 6.17. The van der Waals surface area contributed by atoms with E-state index in [2.05, 4.69) is 5.32 Å². The van der Waals surface area contributed by atoms with Gasteiger partial charge in [0, 0.05) is 16.9 Å². The number of hydrogen-bond donors (Lipinski definition) is 1. The highest BCUT2D eigenvalue weighted by Gasteiger charge is 2.25. The fourth-order valence-electron chi connectivity index (χ4n) is 5.15. The highest BCUT2D eigenvalue weighted by Crippen LogP contribution is 2.28. The number of ether oxygens (including phenoxy) is 3. The largest absolute Gasteiger partial charge is 0.497 e. The zero-order valence-electron chi connectivity index (χ0n) is 25.6. The second-order valence-electron chi connectivity index (χ2n) is 10.9. The smallest absolute Gasteiger partial charge is 0.333 e. The fourth-order valence-corrected chi connectivity index (χ4v) is 5.97. The van der Waals surface area contributed by atoms with Gasteiger partial charge in [-0.2, -0.15) is 0 Å². The molecule has 0 bridgehead atoms. The van der Waals surface area contributed by atoms with Crippen LogP contribution in [0.5, 0.6) is 11.5 Å². The van der Waals surface area contributed by atoms with E-state index in [0.29, 0.717) is 25.2 Å². The van der Waals surface area contributed by atoms with E-state index in [9.17, 15) is 9.59 Å². The summed E-state index contributed by atoms with van der Waals surface area (Å²) < 4.78 is 16.3. The predicted molar refractivity (Wildman–Crippen MR) is 171 cm³/mol. The first-order valence-corrected chi connectivity index (χ1v) is 15.9. The number of allylic oxidation sites excluding steroid dienone is 2. The van der Waals surface area contributed by atoms with Crippen molar-refractivity contribution in [3.8, 4) is 11.5 Å².